The lowest BCUT2D eigenvalue weighted by molar-refractivity contribution is -0.142. The molecule has 2 rings (SSSR count). The normalized spacial score (nSPS) is 12.7. The van der Waals surface area contributed by atoms with Crippen LogP contribution < -0.4 is 11.3 Å². The highest BCUT2D eigenvalue weighted by Crippen LogP contribution is 2.31. The number of alkyl halides is 3. The minimum absolute atomic E-state index is 0.0606. The van der Waals surface area contributed by atoms with Gasteiger partial charge in [0.25, 0.3) is 0 Å². The fraction of sp³-hybridized carbons (Fsp3) is 0.267. The number of ether oxygens (including phenoxy) is 1. The van der Waals surface area contributed by atoms with Crippen LogP contribution in [0.3, 0.4) is 0 Å². The maximum Gasteiger partial charge on any atom is 0.434 e. The van der Waals surface area contributed by atoms with Crippen molar-refractivity contribution < 1.29 is 22.7 Å². The highest BCUT2D eigenvalue weighted by Gasteiger charge is 2.39. The van der Waals surface area contributed by atoms with Crippen LogP contribution >= 0.6 is 0 Å². The lowest BCUT2D eigenvalue weighted by Gasteiger charge is -2.17. The molecule has 2 aromatic rings. The van der Waals surface area contributed by atoms with E-state index in [0.717, 1.165) is 6.20 Å². The van der Waals surface area contributed by atoms with Crippen LogP contribution in [0.25, 0.3) is 0 Å². The average Bonchev–Trinajstić information content (AvgIpc) is 2.56. The number of halogens is 3. The summed E-state index contributed by atoms with van der Waals surface area (Å²) in [4.78, 5) is 19.1. The summed E-state index contributed by atoms with van der Waals surface area (Å²) in [6.45, 7) is 1.43. The van der Waals surface area contributed by atoms with E-state index in [1.165, 1.54) is 6.92 Å². The van der Waals surface area contributed by atoms with Gasteiger partial charge in [0.15, 0.2) is 11.5 Å². The second-order valence-electron chi connectivity index (χ2n) is 4.72. The molecule has 0 aliphatic carbocycles. The van der Waals surface area contributed by atoms with Gasteiger partial charge >= 0.3 is 12.1 Å². The van der Waals surface area contributed by atoms with E-state index < -0.39 is 29.4 Å². The molecular weight excluding hydrogens is 325 g/mol. The van der Waals surface area contributed by atoms with Crippen LogP contribution in [0.2, 0.25) is 0 Å². The highest BCUT2D eigenvalue weighted by atomic mass is 19.4. The van der Waals surface area contributed by atoms with Crippen LogP contribution in [0.5, 0.6) is 0 Å². The number of aromatic nitrogens is 2. The molecule has 0 aliphatic heterocycles. The standard InChI is InChI=1S/C15H15F3N4O2/c1-2-24-14(23)10-8-20-13(21-12(10)15(16,17)18)11(22-19)9-6-4-3-5-7-9/h3-8,11,22H,2,19H2,1H3. The fourth-order valence-electron chi connectivity index (χ4n) is 2.07. The molecule has 24 heavy (non-hydrogen) atoms. The Kier molecular flexibility index (Phi) is 5.47. The van der Waals surface area contributed by atoms with E-state index >= 15 is 0 Å². The van der Waals surface area contributed by atoms with E-state index in [4.69, 9.17) is 5.84 Å². The summed E-state index contributed by atoms with van der Waals surface area (Å²) in [5.74, 6) is 4.10. The van der Waals surface area contributed by atoms with Gasteiger partial charge < -0.3 is 4.74 Å². The van der Waals surface area contributed by atoms with Gasteiger partial charge in [-0.2, -0.15) is 13.2 Å². The Morgan fingerprint density at radius 3 is 2.54 bits per heavy atom. The summed E-state index contributed by atoms with van der Waals surface area (Å²) >= 11 is 0. The zero-order valence-corrected chi connectivity index (χ0v) is 12.7. The van der Waals surface area contributed by atoms with Gasteiger partial charge in [-0.05, 0) is 12.5 Å². The number of benzene rings is 1. The topological polar surface area (TPSA) is 90.1 Å². The van der Waals surface area contributed by atoms with E-state index in [2.05, 4.69) is 20.1 Å². The number of nitrogens with two attached hydrogens (primary N) is 1. The van der Waals surface area contributed by atoms with E-state index in [-0.39, 0.29) is 12.4 Å². The van der Waals surface area contributed by atoms with Crippen molar-refractivity contribution >= 4 is 5.97 Å². The maximum atomic E-state index is 13.2. The Balaban J connectivity index is 2.51. The van der Waals surface area contributed by atoms with Crippen LogP contribution in [0.4, 0.5) is 13.2 Å². The molecule has 0 fully saturated rings. The van der Waals surface area contributed by atoms with Crippen LogP contribution in [0, 0.1) is 0 Å². The van der Waals surface area contributed by atoms with Crippen molar-refractivity contribution in [3.8, 4) is 0 Å². The second kappa shape index (κ2) is 7.37. The molecule has 1 unspecified atom stereocenters. The first-order chi connectivity index (χ1) is 11.4. The molecule has 0 saturated carbocycles. The van der Waals surface area contributed by atoms with Crippen LogP contribution in [-0.4, -0.2) is 22.5 Å². The fourth-order valence-corrected chi connectivity index (χ4v) is 2.07. The molecule has 1 aromatic heterocycles. The van der Waals surface area contributed by atoms with Crippen molar-refractivity contribution in [2.75, 3.05) is 6.61 Å². The molecular formula is C15H15F3N4O2. The van der Waals surface area contributed by atoms with Crippen molar-refractivity contribution in [3.05, 3.63) is 59.2 Å². The zero-order chi connectivity index (χ0) is 17.7. The molecule has 0 amide bonds. The SMILES string of the molecule is CCOC(=O)c1cnc(C(NN)c2ccccc2)nc1C(F)(F)F. The summed E-state index contributed by atoms with van der Waals surface area (Å²) in [5, 5.41) is 0. The Labute approximate surface area is 135 Å². The van der Waals surface area contributed by atoms with E-state index in [1.54, 1.807) is 30.3 Å². The van der Waals surface area contributed by atoms with Gasteiger partial charge in [0, 0.05) is 6.20 Å². The van der Waals surface area contributed by atoms with Gasteiger partial charge in [0.2, 0.25) is 0 Å². The Morgan fingerprint density at radius 2 is 2.00 bits per heavy atom. The first-order valence-electron chi connectivity index (χ1n) is 7.00. The third-order valence-corrected chi connectivity index (χ3v) is 3.13. The van der Waals surface area contributed by atoms with Gasteiger partial charge in [-0.1, -0.05) is 30.3 Å². The summed E-state index contributed by atoms with van der Waals surface area (Å²) < 4.78 is 44.4. The molecule has 0 saturated heterocycles. The van der Waals surface area contributed by atoms with E-state index in [9.17, 15) is 18.0 Å². The van der Waals surface area contributed by atoms with Crippen molar-refractivity contribution in [2.45, 2.75) is 19.1 Å². The van der Waals surface area contributed by atoms with Crippen molar-refractivity contribution in [2.24, 2.45) is 5.84 Å². The first-order valence-corrected chi connectivity index (χ1v) is 7.00. The van der Waals surface area contributed by atoms with Crippen molar-refractivity contribution in [3.63, 3.8) is 0 Å². The molecule has 0 spiro atoms. The van der Waals surface area contributed by atoms with Crippen molar-refractivity contribution in [1.29, 1.82) is 0 Å². The maximum absolute atomic E-state index is 13.2. The number of nitrogens with one attached hydrogen (secondary N) is 1. The molecule has 1 aromatic carbocycles. The largest absolute Gasteiger partial charge is 0.462 e. The van der Waals surface area contributed by atoms with E-state index in [1.807, 2.05) is 0 Å². The Bertz CT molecular complexity index is 708. The number of carbonyl (C=O) groups excluding carboxylic acids is 1. The minimum atomic E-state index is -4.84. The zero-order valence-electron chi connectivity index (χ0n) is 12.7. The number of rotatable bonds is 5. The number of carbonyl (C=O) groups is 1. The lowest BCUT2D eigenvalue weighted by Crippen LogP contribution is -2.31. The summed E-state index contributed by atoms with van der Waals surface area (Å²) in [7, 11) is 0. The number of hydrazine groups is 1. The van der Waals surface area contributed by atoms with Gasteiger partial charge in [-0.15, -0.1) is 0 Å². The number of hydrogen-bond donors (Lipinski definition) is 2. The molecule has 0 bridgehead atoms. The molecule has 128 valence electrons. The monoisotopic (exact) mass is 340 g/mol. The molecule has 6 nitrogen and oxygen atoms in total. The van der Waals surface area contributed by atoms with Crippen LogP contribution in [0.15, 0.2) is 36.5 Å². The van der Waals surface area contributed by atoms with Gasteiger partial charge in [0.05, 0.1) is 6.61 Å². The third kappa shape index (κ3) is 3.87. The average molecular weight is 340 g/mol. The quantitative estimate of drug-likeness (QED) is 0.493. The molecule has 0 aliphatic rings. The third-order valence-electron chi connectivity index (χ3n) is 3.13. The van der Waals surface area contributed by atoms with Crippen molar-refractivity contribution in [1.82, 2.24) is 15.4 Å². The summed E-state index contributed by atoms with van der Waals surface area (Å²) in [5.41, 5.74) is 0.861. The number of nitrogens with zero attached hydrogens (tertiary/aromatic N) is 2. The van der Waals surface area contributed by atoms with Crippen LogP contribution in [-0.2, 0) is 10.9 Å². The smallest absolute Gasteiger partial charge is 0.434 e. The van der Waals surface area contributed by atoms with Gasteiger partial charge in [0.1, 0.15) is 11.6 Å². The molecule has 1 atom stereocenters. The second-order valence-corrected chi connectivity index (χ2v) is 4.72. The molecule has 0 radical (unpaired) electrons. The first kappa shape index (κ1) is 17.8. The van der Waals surface area contributed by atoms with Gasteiger partial charge in [-0.25, -0.2) is 20.2 Å². The molecule has 3 N–H and O–H groups in total. The molecule has 1 heterocycles. The van der Waals surface area contributed by atoms with Gasteiger partial charge in [-0.3, -0.25) is 5.84 Å². The number of esters is 1. The Morgan fingerprint density at radius 1 is 1.33 bits per heavy atom. The van der Waals surface area contributed by atoms with E-state index in [0.29, 0.717) is 5.56 Å². The van der Waals surface area contributed by atoms with Crippen LogP contribution in [0.1, 0.15) is 40.4 Å². The number of hydrogen-bond acceptors (Lipinski definition) is 6. The highest BCUT2D eigenvalue weighted by molar-refractivity contribution is 5.90. The molecule has 9 heteroatoms. The predicted octanol–water partition coefficient (Wildman–Crippen LogP) is 2.22. The summed E-state index contributed by atoms with van der Waals surface area (Å²) in [6, 6.07) is 7.64. The lowest BCUT2D eigenvalue weighted by atomic mass is 10.1. The predicted molar refractivity (Wildman–Crippen MR) is 78.6 cm³/mol. The summed E-state index contributed by atoms with van der Waals surface area (Å²) in [6.07, 6.45) is -4.04. The minimum Gasteiger partial charge on any atom is -0.462 e. The Hall–Kier alpha value is -2.52.